The van der Waals surface area contributed by atoms with E-state index in [2.05, 4.69) is 5.10 Å². The summed E-state index contributed by atoms with van der Waals surface area (Å²) in [5.74, 6) is -1.78. The highest BCUT2D eigenvalue weighted by molar-refractivity contribution is 5.89. The average Bonchev–Trinajstić information content (AvgIpc) is 3.26. The number of carboxylic acids is 1. The largest absolute Gasteiger partial charge is 0.478 e. The van der Waals surface area contributed by atoms with E-state index in [1.54, 1.807) is 0 Å². The van der Waals surface area contributed by atoms with Gasteiger partial charge in [0, 0.05) is 12.1 Å². The van der Waals surface area contributed by atoms with Gasteiger partial charge in [-0.1, -0.05) is 50.5 Å². The Morgan fingerprint density at radius 1 is 0.870 bits per heavy atom. The Kier molecular flexibility index (Phi) is 10.9. The monoisotopic (exact) mass is 663 g/mol. The zero-order valence-electron chi connectivity index (χ0n) is 25.0. The van der Waals surface area contributed by atoms with Gasteiger partial charge in [0.05, 0.1) is 12.1 Å². The van der Waals surface area contributed by atoms with E-state index in [9.17, 15) is 50.2 Å². The average molecular weight is 664 g/mol. The first-order valence-electron chi connectivity index (χ1n) is 14.1. The molecule has 3 rings (SSSR count). The predicted octanol–water partition coefficient (Wildman–Crippen LogP) is 6.56. The third-order valence-corrected chi connectivity index (χ3v) is 7.01. The fraction of sp³-hybridized carbons (Fsp3) is 0.467. The van der Waals surface area contributed by atoms with E-state index in [1.807, 2.05) is 6.92 Å². The van der Waals surface area contributed by atoms with E-state index in [0.717, 1.165) is 36.1 Å². The summed E-state index contributed by atoms with van der Waals surface area (Å²) in [6.07, 6.45) is -9.40. The quantitative estimate of drug-likeness (QED) is 0.118. The fourth-order valence-corrected chi connectivity index (χ4v) is 4.33. The number of hydrogen-bond donors (Lipinski definition) is 1. The molecule has 0 saturated heterocycles. The van der Waals surface area contributed by atoms with Gasteiger partial charge < -0.3 is 14.6 Å². The summed E-state index contributed by atoms with van der Waals surface area (Å²) in [4.78, 5) is 37.1. The Morgan fingerprint density at radius 2 is 1.46 bits per heavy atom. The highest BCUT2D eigenvalue weighted by atomic mass is 19.4. The molecule has 0 aliphatic rings. The molecule has 0 atom stereocenters. The molecule has 9 nitrogen and oxygen atoms in total. The molecule has 0 aliphatic carbocycles. The number of alkyl halides is 7. The number of halogens is 7. The van der Waals surface area contributed by atoms with E-state index < -0.39 is 53.4 Å². The van der Waals surface area contributed by atoms with Crippen LogP contribution in [0.5, 0.6) is 5.75 Å². The molecule has 0 spiro atoms. The Hall–Kier alpha value is -4.37. The van der Waals surface area contributed by atoms with Crippen molar-refractivity contribution in [2.24, 2.45) is 0 Å². The number of carbonyl (C=O) groups is 2. The Labute approximate surface area is 258 Å². The molecular formula is C30H32F7N3O6. The van der Waals surface area contributed by atoms with E-state index in [1.165, 1.54) is 42.7 Å². The van der Waals surface area contributed by atoms with Gasteiger partial charge in [-0.05, 0) is 50.1 Å². The summed E-state index contributed by atoms with van der Waals surface area (Å²) in [5, 5.41) is 13.4. The Morgan fingerprint density at radius 3 is 1.98 bits per heavy atom. The summed E-state index contributed by atoms with van der Waals surface area (Å²) < 4.78 is 106. The van der Waals surface area contributed by atoms with Crippen molar-refractivity contribution >= 4 is 11.9 Å². The number of carboxylic acid groups (broad SMARTS) is 1. The number of aromatic nitrogens is 3. The fourth-order valence-electron chi connectivity index (χ4n) is 4.33. The van der Waals surface area contributed by atoms with E-state index in [4.69, 9.17) is 9.47 Å². The summed E-state index contributed by atoms with van der Waals surface area (Å²) in [6.45, 7) is 4.04. The molecule has 0 unspecified atom stereocenters. The Balaban J connectivity index is 1.81. The zero-order valence-corrected chi connectivity index (χ0v) is 25.0. The maximum absolute atomic E-state index is 14.4. The molecule has 0 bridgehead atoms. The number of aliphatic carboxylic acids is 1. The highest BCUT2D eigenvalue weighted by Crippen LogP contribution is 2.53. The maximum Gasteiger partial charge on any atom is 0.435 e. The first kappa shape index (κ1) is 36.1. The number of hydrogen-bond acceptors (Lipinski definition) is 6. The molecule has 0 aliphatic heterocycles. The number of carbonyl (C=O) groups excluding carboxylic acids is 1. The Bertz CT molecular complexity index is 1550. The van der Waals surface area contributed by atoms with Crippen molar-refractivity contribution in [3.8, 4) is 5.75 Å². The lowest BCUT2D eigenvalue weighted by atomic mass is 9.93. The van der Waals surface area contributed by atoms with Crippen LogP contribution in [-0.4, -0.2) is 49.3 Å². The van der Waals surface area contributed by atoms with Crippen LogP contribution in [0.2, 0.25) is 0 Å². The maximum atomic E-state index is 14.4. The summed E-state index contributed by atoms with van der Waals surface area (Å²) in [7, 11) is 0. The SMILES string of the molecule is CCCCCCn1c(COC(=O)c2ccc(OC(C)(C)C(=O)O)cc2)nn(Cc2ccc(C(F)(C(F)(F)F)C(F)(F)F)cc2)c1=O. The van der Waals surface area contributed by atoms with Gasteiger partial charge in [0.15, 0.2) is 18.0 Å². The molecule has 2 aromatic carbocycles. The van der Waals surface area contributed by atoms with Crippen LogP contribution in [0.3, 0.4) is 0 Å². The van der Waals surface area contributed by atoms with Crippen LogP contribution in [0.25, 0.3) is 0 Å². The van der Waals surface area contributed by atoms with Gasteiger partial charge in [-0.15, -0.1) is 0 Å². The van der Waals surface area contributed by atoms with Crippen molar-refractivity contribution in [3.05, 3.63) is 81.5 Å². The van der Waals surface area contributed by atoms with Crippen LogP contribution in [0.4, 0.5) is 30.7 Å². The van der Waals surface area contributed by atoms with E-state index in [0.29, 0.717) is 18.6 Å². The summed E-state index contributed by atoms with van der Waals surface area (Å²) in [5.41, 5.74) is -9.30. The van der Waals surface area contributed by atoms with Crippen LogP contribution in [0.15, 0.2) is 53.3 Å². The number of nitrogens with zero attached hydrogens (tertiary/aromatic N) is 3. The molecule has 1 aromatic heterocycles. The molecule has 3 aromatic rings. The smallest absolute Gasteiger partial charge is 0.435 e. The van der Waals surface area contributed by atoms with Gasteiger partial charge in [-0.2, -0.15) is 31.4 Å². The minimum absolute atomic E-state index is 0.0338. The first-order chi connectivity index (χ1) is 21.3. The minimum Gasteiger partial charge on any atom is -0.478 e. The molecule has 0 radical (unpaired) electrons. The van der Waals surface area contributed by atoms with Gasteiger partial charge in [0.2, 0.25) is 0 Å². The third-order valence-electron chi connectivity index (χ3n) is 7.01. The van der Waals surface area contributed by atoms with E-state index >= 15 is 0 Å². The van der Waals surface area contributed by atoms with Crippen molar-refractivity contribution in [3.63, 3.8) is 0 Å². The predicted molar refractivity (Wildman–Crippen MR) is 149 cm³/mol. The van der Waals surface area contributed by atoms with Crippen LogP contribution in [0.1, 0.15) is 73.8 Å². The molecule has 252 valence electrons. The van der Waals surface area contributed by atoms with Gasteiger partial charge in [-0.25, -0.2) is 23.5 Å². The van der Waals surface area contributed by atoms with Crippen LogP contribution in [0, 0.1) is 0 Å². The van der Waals surface area contributed by atoms with E-state index in [-0.39, 0.29) is 35.8 Å². The lowest BCUT2D eigenvalue weighted by molar-refractivity contribution is -0.348. The number of rotatable bonds is 14. The topological polar surface area (TPSA) is 113 Å². The molecule has 1 N–H and O–H groups in total. The van der Waals surface area contributed by atoms with Gasteiger partial charge in [0.1, 0.15) is 5.75 Å². The molecular weight excluding hydrogens is 631 g/mol. The van der Waals surface area contributed by atoms with Crippen LogP contribution in [-0.2, 0) is 34.9 Å². The first-order valence-corrected chi connectivity index (χ1v) is 14.1. The molecule has 16 heteroatoms. The number of ether oxygens (including phenoxy) is 2. The molecule has 46 heavy (non-hydrogen) atoms. The van der Waals surface area contributed by atoms with Crippen molar-refractivity contribution in [1.82, 2.24) is 14.3 Å². The molecule has 0 amide bonds. The minimum atomic E-state index is -6.26. The van der Waals surface area contributed by atoms with Gasteiger partial charge in [-0.3, -0.25) is 4.57 Å². The zero-order chi connectivity index (χ0) is 34.5. The second kappa shape index (κ2) is 14.0. The van der Waals surface area contributed by atoms with Crippen LogP contribution >= 0.6 is 0 Å². The van der Waals surface area contributed by atoms with Crippen molar-refractivity contribution in [2.75, 3.05) is 0 Å². The molecule has 1 heterocycles. The second-order valence-corrected chi connectivity index (χ2v) is 10.9. The lowest BCUT2D eigenvalue weighted by Gasteiger charge is -2.30. The van der Waals surface area contributed by atoms with Gasteiger partial charge in [0.25, 0.3) is 0 Å². The van der Waals surface area contributed by atoms with Crippen LogP contribution < -0.4 is 10.4 Å². The van der Waals surface area contributed by atoms with Crippen molar-refractivity contribution < 1.29 is 54.9 Å². The number of esters is 1. The summed E-state index contributed by atoms with van der Waals surface area (Å²) in [6, 6.07) is 7.81. The number of unbranched alkanes of at least 4 members (excludes halogenated alkanes) is 3. The summed E-state index contributed by atoms with van der Waals surface area (Å²) >= 11 is 0. The normalized spacial score (nSPS) is 12.7. The third kappa shape index (κ3) is 8.07. The number of benzene rings is 2. The second-order valence-electron chi connectivity index (χ2n) is 10.9. The molecule has 0 saturated carbocycles. The van der Waals surface area contributed by atoms with Crippen molar-refractivity contribution in [1.29, 1.82) is 0 Å². The standard InChI is InChI=1S/C30H32F7N3O6/c1-4-5-6-7-16-39-23(18-45-24(41)20-10-14-22(15-11-20)46-27(2,3)25(42)43)38-40(26(39)44)17-19-8-12-21(13-9-19)28(31,29(32,33)34)30(35,36)37/h8-15H,4-7,16-18H2,1-3H3,(H,42,43). The van der Waals surface area contributed by atoms with Gasteiger partial charge >= 0.3 is 35.6 Å². The highest BCUT2D eigenvalue weighted by Gasteiger charge is 2.73. The van der Waals surface area contributed by atoms with Crippen molar-refractivity contribution in [2.45, 2.75) is 89.8 Å². The lowest BCUT2D eigenvalue weighted by Crippen LogP contribution is -2.50. The molecule has 0 fully saturated rings.